The zero-order chi connectivity index (χ0) is 30.7. The zero-order valence-electron chi connectivity index (χ0n) is 23.1. The molecule has 3 aliphatic rings. The third-order valence-electron chi connectivity index (χ3n) is 8.30. The van der Waals surface area contributed by atoms with E-state index in [4.69, 9.17) is 19.4 Å². The predicted molar refractivity (Wildman–Crippen MR) is 165 cm³/mol. The van der Waals surface area contributed by atoms with E-state index in [2.05, 4.69) is 5.16 Å². The van der Waals surface area contributed by atoms with Gasteiger partial charge in [0.25, 0.3) is 0 Å². The number of oxime groups is 1. The number of thioether (sulfide) groups is 2. The van der Waals surface area contributed by atoms with Gasteiger partial charge in [-0.3, -0.25) is 14.5 Å². The van der Waals surface area contributed by atoms with E-state index in [-0.39, 0.29) is 41.7 Å². The maximum Gasteiger partial charge on any atom is 0.352 e. The van der Waals surface area contributed by atoms with E-state index >= 15 is 0 Å². The van der Waals surface area contributed by atoms with Crippen molar-refractivity contribution in [1.82, 2.24) is 4.90 Å². The lowest BCUT2D eigenvalue weighted by atomic mass is 9.69. The Bertz CT molecular complexity index is 1950. The Morgan fingerprint density at radius 1 is 1.20 bits per heavy atom. The number of carboxylic acid groups (broad SMARTS) is 1. The molecule has 0 aliphatic carbocycles. The number of ketones is 1. The molecule has 3 unspecified atom stereocenters. The van der Waals surface area contributed by atoms with Crippen LogP contribution in [0, 0.1) is 0 Å². The number of hydrogen-bond acceptors (Lipinski definition) is 11. The van der Waals surface area contributed by atoms with Crippen molar-refractivity contribution in [3.8, 4) is 0 Å². The van der Waals surface area contributed by atoms with Gasteiger partial charge in [0.2, 0.25) is 11.7 Å². The minimum Gasteiger partial charge on any atom is -0.477 e. The molecule has 2 aromatic carbocycles. The molecule has 0 radical (unpaired) electrons. The molecule has 4 N–H and O–H groups in total. The molecule has 0 spiro atoms. The van der Waals surface area contributed by atoms with Crippen LogP contribution in [0.5, 0.6) is 0 Å². The average Bonchev–Trinajstić information content (AvgIpc) is 3.76. The Hall–Kier alpha value is -4.30. The summed E-state index contributed by atoms with van der Waals surface area (Å²) in [6, 6.07) is 14.3. The number of para-hydroxylation sites is 1. The Balaban J connectivity index is 1.47. The van der Waals surface area contributed by atoms with Crippen LogP contribution in [0.1, 0.15) is 23.3 Å². The summed E-state index contributed by atoms with van der Waals surface area (Å²) in [5, 5.41) is 25.5. The molecule has 7 rings (SSSR count). The van der Waals surface area contributed by atoms with Crippen LogP contribution in [0.3, 0.4) is 0 Å². The second-order valence-electron chi connectivity index (χ2n) is 10.5. The fraction of sp³-hybridized carbons (Fsp3) is 0.226. The highest BCUT2D eigenvalue weighted by Gasteiger charge is 2.58. The highest BCUT2D eigenvalue weighted by Crippen LogP contribution is 2.57. The molecular formula is C31H25N3O8S2. The van der Waals surface area contributed by atoms with Crippen molar-refractivity contribution in [3.63, 3.8) is 0 Å². The number of carboxylic acids is 1. The van der Waals surface area contributed by atoms with Crippen LogP contribution in [-0.2, 0) is 31.2 Å². The molecule has 0 saturated carbocycles. The average molecular weight is 632 g/mol. The van der Waals surface area contributed by atoms with Crippen molar-refractivity contribution in [3.05, 3.63) is 94.4 Å². The lowest BCUT2D eigenvalue weighted by molar-refractivity contribution is -0.146. The number of aliphatic hydroxyl groups excluding tert-OH is 1. The Morgan fingerprint density at radius 2 is 2.05 bits per heavy atom. The summed E-state index contributed by atoms with van der Waals surface area (Å²) >= 11 is 2.62. The predicted octanol–water partition coefficient (Wildman–Crippen LogP) is 4.09. The number of furan rings is 2. The van der Waals surface area contributed by atoms with E-state index in [1.807, 2.05) is 30.3 Å². The van der Waals surface area contributed by atoms with Crippen molar-refractivity contribution >= 4 is 68.8 Å². The van der Waals surface area contributed by atoms with Gasteiger partial charge in [-0.05, 0) is 35.2 Å². The number of carbonyl (C=O) groups excluding carboxylic acids is 2. The molecule has 1 fully saturated rings. The molecule has 0 bridgehead atoms. The van der Waals surface area contributed by atoms with Crippen molar-refractivity contribution in [2.24, 2.45) is 10.9 Å². The first-order chi connectivity index (χ1) is 21.3. The van der Waals surface area contributed by atoms with Crippen molar-refractivity contribution in [1.29, 1.82) is 0 Å². The summed E-state index contributed by atoms with van der Waals surface area (Å²) in [7, 11) is 1.32. The first-order valence-corrected chi connectivity index (χ1v) is 15.5. The molecule has 5 heterocycles. The molecule has 2 aromatic heterocycles. The van der Waals surface area contributed by atoms with Gasteiger partial charge in [-0.15, -0.1) is 23.5 Å². The van der Waals surface area contributed by atoms with Crippen molar-refractivity contribution in [2.45, 2.75) is 34.4 Å². The molecular weight excluding hydrogens is 606 g/mol. The number of hydrogen-bond donors (Lipinski definition) is 3. The normalized spacial score (nSPS) is 25.1. The second kappa shape index (κ2) is 10.7. The molecule has 1 saturated heterocycles. The largest absolute Gasteiger partial charge is 0.477 e. The summed E-state index contributed by atoms with van der Waals surface area (Å²) in [4.78, 5) is 45.6. The summed E-state index contributed by atoms with van der Waals surface area (Å²) in [6.07, 6.45) is 3.09. The topological polar surface area (TPSA) is 169 Å². The molecule has 224 valence electrons. The maximum absolute atomic E-state index is 14.5. The van der Waals surface area contributed by atoms with E-state index in [1.165, 1.54) is 47.9 Å². The van der Waals surface area contributed by atoms with Gasteiger partial charge in [0.1, 0.15) is 24.0 Å². The third kappa shape index (κ3) is 4.07. The summed E-state index contributed by atoms with van der Waals surface area (Å²) < 4.78 is 11.8. The minimum atomic E-state index is -1.30. The Kier molecular flexibility index (Phi) is 6.92. The van der Waals surface area contributed by atoms with Gasteiger partial charge < -0.3 is 29.6 Å². The highest BCUT2D eigenvalue weighted by molar-refractivity contribution is 8.03. The van der Waals surface area contributed by atoms with E-state index in [0.717, 1.165) is 10.8 Å². The molecule has 1 amide bonds. The van der Waals surface area contributed by atoms with E-state index < -0.39 is 33.2 Å². The maximum atomic E-state index is 14.5. The summed E-state index contributed by atoms with van der Waals surface area (Å²) in [5.41, 5.74) is 7.97. The van der Waals surface area contributed by atoms with Gasteiger partial charge in [-0.2, -0.15) is 0 Å². The Labute approximate surface area is 258 Å². The van der Waals surface area contributed by atoms with Crippen molar-refractivity contribution < 1.29 is 38.3 Å². The number of carbonyl (C=O) groups is 3. The monoisotopic (exact) mass is 631 g/mol. The van der Waals surface area contributed by atoms with Crippen LogP contribution in [0.4, 0.5) is 0 Å². The number of aliphatic carboxylic acids is 1. The first-order valence-electron chi connectivity index (χ1n) is 13.6. The van der Waals surface area contributed by atoms with Crippen LogP contribution in [0.2, 0.25) is 0 Å². The first kappa shape index (κ1) is 28.5. The molecule has 13 heteroatoms. The van der Waals surface area contributed by atoms with Crippen molar-refractivity contribution in [2.75, 3.05) is 7.11 Å². The van der Waals surface area contributed by atoms with Crippen LogP contribution < -0.4 is 5.73 Å². The Morgan fingerprint density at radius 3 is 2.75 bits per heavy atom. The van der Waals surface area contributed by atoms with Gasteiger partial charge >= 0.3 is 5.97 Å². The number of amides is 1. The molecule has 4 aromatic rings. The number of Topliss-reactive ketones (excluding diaryl/α,β-unsaturated/α-hetero) is 1. The lowest BCUT2D eigenvalue weighted by Gasteiger charge is -2.50. The number of fused-ring (bicyclic) bond motifs is 4. The number of aliphatic hydroxyl groups is 1. The summed E-state index contributed by atoms with van der Waals surface area (Å²) in [5.74, 6) is -1.85. The van der Waals surface area contributed by atoms with Crippen LogP contribution in [0.15, 0.2) is 91.5 Å². The summed E-state index contributed by atoms with van der Waals surface area (Å²) in [6.45, 7) is -0.205. The van der Waals surface area contributed by atoms with E-state index in [9.17, 15) is 24.6 Å². The molecule has 44 heavy (non-hydrogen) atoms. The minimum absolute atomic E-state index is 0.0797. The van der Waals surface area contributed by atoms with Gasteiger partial charge in [0.15, 0.2) is 11.5 Å². The van der Waals surface area contributed by atoms with Gasteiger partial charge in [0.05, 0.1) is 35.5 Å². The molecule has 3 aliphatic heterocycles. The van der Waals surface area contributed by atoms with Gasteiger partial charge in [0, 0.05) is 27.2 Å². The number of rotatable bonds is 8. The quantitative estimate of drug-likeness (QED) is 0.145. The third-order valence-corrected chi connectivity index (χ3v) is 10.8. The SMILES string of the molecule is CON=C(C(=O)C1=CSC(N)C1(c1ccc2c(c1)oc1c(CO)cccc12)C1C=C(C(=O)O)N2C(=O)C[C@H]2S1)c1ccco1. The van der Waals surface area contributed by atoms with Crippen LogP contribution in [-0.4, -0.2) is 61.6 Å². The number of nitrogens with two attached hydrogens (primary N) is 1. The zero-order valence-corrected chi connectivity index (χ0v) is 24.8. The highest BCUT2D eigenvalue weighted by atomic mass is 32.2. The fourth-order valence-electron chi connectivity index (χ4n) is 6.24. The second-order valence-corrected chi connectivity index (χ2v) is 12.8. The number of β-lactam (4-membered cyclic amide) rings is 1. The molecule has 11 nitrogen and oxygen atoms in total. The van der Waals surface area contributed by atoms with Gasteiger partial charge in [-0.25, -0.2) is 4.79 Å². The number of nitrogens with zero attached hydrogens (tertiary/aromatic N) is 2. The van der Waals surface area contributed by atoms with Crippen LogP contribution >= 0.6 is 23.5 Å². The smallest absolute Gasteiger partial charge is 0.352 e. The van der Waals surface area contributed by atoms with Crippen LogP contribution in [0.25, 0.3) is 21.9 Å². The van der Waals surface area contributed by atoms with Gasteiger partial charge in [-0.1, -0.05) is 35.5 Å². The lowest BCUT2D eigenvalue weighted by Crippen LogP contribution is -2.59. The standard InChI is InChI=1S/C31H25N3O8S2/c1-40-33-26(21-6-3-9-41-21)27(37)19-14-43-30(32)31(19,23-11-20(29(38)39)34-24(36)12-25(34)44-23)16-7-8-17-18-5-2-4-15(13-35)28(18)42-22(17)10-16/h2-11,14,23,25,30,35H,12-13,32H2,1H3,(H,38,39)/t23?,25-,30?,31?/m1/s1. The van der Waals surface area contributed by atoms with E-state index in [1.54, 1.807) is 23.6 Å². The fourth-order valence-corrected chi connectivity index (χ4v) is 9.30. The van der Waals surface area contributed by atoms with E-state index in [0.29, 0.717) is 22.3 Å². The number of benzene rings is 2. The molecule has 4 atom stereocenters.